The van der Waals surface area contributed by atoms with Gasteiger partial charge in [0.05, 0.1) is 0 Å². The molecule has 166 valence electrons. The van der Waals surface area contributed by atoms with Crippen LogP contribution in [0.1, 0.15) is 37.5 Å². The van der Waals surface area contributed by atoms with Crippen molar-refractivity contribution in [1.29, 1.82) is 0 Å². The van der Waals surface area contributed by atoms with Crippen LogP contribution in [0.4, 0.5) is 11.4 Å². The highest BCUT2D eigenvalue weighted by molar-refractivity contribution is 8.01. The van der Waals surface area contributed by atoms with E-state index in [0.717, 1.165) is 31.7 Å². The molecule has 0 aliphatic carbocycles. The quantitative estimate of drug-likeness (QED) is 0.326. The number of nitrogens with one attached hydrogen (secondary N) is 2. The molecule has 0 atom stereocenters. The molecule has 0 saturated heterocycles. The number of benzene rings is 3. The lowest BCUT2D eigenvalue weighted by atomic mass is 10.1. The van der Waals surface area contributed by atoms with Gasteiger partial charge in [0.25, 0.3) is 11.8 Å². The van der Waals surface area contributed by atoms with Crippen molar-refractivity contribution < 1.29 is 9.59 Å². The van der Waals surface area contributed by atoms with Crippen molar-refractivity contribution >= 4 is 46.3 Å². The second kappa shape index (κ2) is 10.0. The molecule has 0 bridgehead atoms. The van der Waals surface area contributed by atoms with E-state index in [9.17, 15) is 9.59 Å². The predicted molar refractivity (Wildman–Crippen MR) is 136 cm³/mol. The molecular formula is C26H23N3O2S2. The average molecular weight is 474 g/mol. The summed E-state index contributed by atoms with van der Waals surface area (Å²) in [5, 5.41) is 7.91. The van der Waals surface area contributed by atoms with Crippen molar-refractivity contribution in [2.75, 3.05) is 10.6 Å². The molecule has 0 fully saturated rings. The Bertz CT molecular complexity index is 1320. The van der Waals surface area contributed by atoms with E-state index >= 15 is 0 Å². The number of aromatic nitrogens is 1. The fraction of sp³-hybridized carbons (Fsp3) is 0.115. The molecule has 4 rings (SSSR count). The Morgan fingerprint density at radius 3 is 2.21 bits per heavy atom. The lowest BCUT2D eigenvalue weighted by Gasteiger charge is -2.13. The van der Waals surface area contributed by atoms with Gasteiger partial charge < -0.3 is 10.6 Å². The Hall–Kier alpha value is -3.42. The molecule has 0 aliphatic heterocycles. The molecule has 0 saturated carbocycles. The number of rotatable bonds is 6. The first kappa shape index (κ1) is 22.8. The van der Waals surface area contributed by atoms with Crippen LogP contribution in [0.3, 0.4) is 0 Å². The number of amides is 2. The van der Waals surface area contributed by atoms with Gasteiger partial charge in [-0.2, -0.15) is 0 Å². The Morgan fingerprint density at radius 2 is 1.52 bits per heavy atom. The van der Waals surface area contributed by atoms with E-state index in [1.165, 1.54) is 0 Å². The summed E-state index contributed by atoms with van der Waals surface area (Å²) < 4.78 is 0.994. The average Bonchev–Trinajstić information content (AvgIpc) is 3.22. The van der Waals surface area contributed by atoms with Crippen LogP contribution in [0.25, 0.3) is 0 Å². The molecule has 2 amide bonds. The minimum atomic E-state index is -0.232. The normalized spacial score (nSPS) is 10.6. The van der Waals surface area contributed by atoms with Gasteiger partial charge >= 0.3 is 0 Å². The smallest absolute Gasteiger partial charge is 0.255 e. The summed E-state index contributed by atoms with van der Waals surface area (Å²) in [6.45, 7) is 5.84. The maximum absolute atomic E-state index is 12.9. The molecule has 2 N–H and O–H groups in total. The second-order valence-electron chi connectivity index (χ2n) is 7.64. The number of aryl methyl sites for hydroxylation is 3. The van der Waals surface area contributed by atoms with Gasteiger partial charge in [0, 0.05) is 38.5 Å². The van der Waals surface area contributed by atoms with Crippen molar-refractivity contribution in [1.82, 2.24) is 4.98 Å². The Labute approximate surface area is 201 Å². The standard InChI is InChI=1S/C26H23N3O2S2/c1-16-9-10-20(14-23(16)29-24(30)19-7-5-4-6-8-19)25(31)28-22-12-11-21(13-17(22)2)33-26-27-18(3)15-32-26/h4-15H,1-3H3,(H,28,31)(H,29,30). The van der Waals surface area contributed by atoms with Crippen LogP contribution in [0, 0.1) is 20.8 Å². The summed E-state index contributed by atoms with van der Waals surface area (Å²) in [5.74, 6) is -0.445. The summed E-state index contributed by atoms with van der Waals surface area (Å²) in [6, 6.07) is 20.2. The van der Waals surface area contributed by atoms with Gasteiger partial charge in [0.1, 0.15) is 0 Å². The van der Waals surface area contributed by atoms with Crippen molar-refractivity contribution in [3.05, 3.63) is 100 Å². The van der Waals surface area contributed by atoms with Gasteiger partial charge in [-0.3, -0.25) is 9.59 Å². The lowest BCUT2D eigenvalue weighted by Crippen LogP contribution is -2.16. The molecule has 0 unspecified atom stereocenters. The Kier molecular flexibility index (Phi) is 6.91. The monoisotopic (exact) mass is 473 g/mol. The number of nitrogens with zero attached hydrogens (tertiary/aromatic N) is 1. The van der Waals surface area contributed by atoms with Gasteiger partial charge in [-0.05, 0) is 74.4 Å². The second-order valence-corrected chi connectivity index (χ2v) is 9.82. The number of thiazole rings is 1. The van der Waals surface area contributed by atoms with Crippen molar-refractivity contribution in [2.45, 2.75) is 30.0 Å². The summed E-state index contributed by atoms with van der Waals surface area (Å²) >= 11 is 3.23. The molecule has 33 heavy (non-hydrogen) atoms. The van der Waals surface area contributed by atoms with Gasteiger partial charge in [0.15, 0.2) is 4.34 Å². The summed E-state index contributed by atoms with van der Waals surface area (Å²) in [6.07, 6.45) is 0. The van der Waals surface area contributed by atoms with Crippen LogP contribution in [-0.4, -0.2) is 16.8 Å². The van der Waals surface area contributed by atoms with Crippen molar-refractivity contribution in [3.63, 3.8) is 0 Å². The van der Waals surface area contributed by atoms with E-state index in [1.54, 1.807) is 47.4 Å². The molecule has 0 aliphatic rings. The molecule has 5 nitrogen and oxygen atoms in total. The summed E-state index contributed by atoms with van der Waals surface area (Å²) in [7, 11) is 0. The zero-order chi connectivity index (χ0) is 23.4. The van der Waals surface area contributed by atoms with Gasteiger partial charge in [-0.15, -0.1) is 11.3 Å². The largest absolute Gasteiger partial charge is 0.322 e. The molecule has 0 spiro atoms. The topological polar surface area (TPSA) is 71.1 Å². The SMILES string of the molecule is Cc1csc(Sc2ccc(NC(=O)c3ccc(C)c(NC(=O)c4ccccc4)c3)c(C)c2)n1. The highest BCUT2D eigenvalue weighted by Gasteiger charge is 2.13. The first-order chi connectivity index (χ1) is 15.9. The number of hydrogen-bond donors (Lipinski definition) is 2. The van der Waals surface area contributed by atoms with Gasteiger partial charge in [0.2, 0.25) is 0 Å². The third-order valence-corrected chi connectivity index (χ3v) is 7.08. The molecule has 4 aromatic rings. The summed E-state index contributed by atoms with van der Waals surface area (Å²) in [4.78, 5) is 31.0. The number of anilines is 2. The highest BCUT2D eigenvalue weighted by Crippen LogP contribution is 2.32. The molecule has 3 aromatic carbocycles. The zero-order valence-electron chi connectivity index (χ0n) is 18.5. The lowest BCUT2D eigenvalue weighted by molar-refractivity contribution is 0.101. The maximum atomic E-state index is 12.9. The number of carbonyl (C=O) groups is 2. The highest BCUT2D eigenvalue weighted by atomic mass is 32.2. The zero-order valence-corrected chi connectivity index (χ0v) is 20.1. The molecule has 0 radical (unpaired) electrons. The Morgan fingerprint density at radius 1 is 0.788 bits per heavy atom. The minimum Gasteiger partial charge on any atom is -0.322 e. The molecule has 7 heteroatoms. The van der Waals surface area contributed by atoms with E-state index in [2.05, 4.69) is 15.6 Å². The maximum Gasteiger partial charge on any atom is 0.255 e. The van der Waals surface area contributed by atoms with Crippen LogP contribution in [0.2, 0.25) is 0 Å². The van der Waals surface area contributed by atoms with Crippen molar-refractivity contribution in [3.8, 4) is 0 Å². The fourth-order valence-corrected chi connectivity index (χ4v) is 5.11. The van der Waals surface area contributed by atoms with E-state index in [4.69, 9.17) is 0 Å². The third-order valence-electron chi connectivity index (χ3n) is 5.03. The van der Waals surface area contributed by atoms with E-state index in [1.807, 2.05) is 68.6 Å². The van der Waals surface area contributed by atoms with Crippen LogP contribution < -0.4 is 10.6 Å². The first-order valence-corrected chi connectivity index (χ1v) is 12.1. The van der Waals surface area contributed by atoms with Crippen molar-refractivity contribution in [2.24, 2.45) is 0 Å². The van der Waals surface area contributed by atoms with Crippen LogP contribution in [0.15, 0.2) is 81.3 Å². The molecule has 1 heterocycles. The minimum absolute atomic E-state index is 0.212. The first-order valence-electron chi connectivity index (χ1n) is 10.4. The van der Waals surface area contributed by atoms with Crippen LogP contribution in [-0.2, 0) is 0 Å². The van der Waals surface area contributed by atoms with Crippen LogP contribution >= 0.6 is 23.1 Å². The fourth-order valence-electron chi connectivity index (χ4n) is 3.20. The van der Waals surface area contributed by atoms with E-state index < -0.39 is 0 Å². The Balaban J connectivity index is 1.47. The van der Waals surface area contributed by atoms with E-state index in [0.29, 0.717) is 16.8 Å². The summed E-state index contributed by atoms with van der Waals surface area (Å²) in [5.41, 5.74) is 5.25. The van der Waals surface area contributed by atoms with Gasteiger partial charge in [-0.25, -0.2) is 4.98 Å². The number of carbonyl (C=O) groups excluding carboxylic acids is 2. The third kappa shape index (κ3) is 5.69. The number of hydrogen-bond acceptors (Lipinski definition) is 5. The predicted octanol–water partition coefficient (Wildman–Crippen LogP) is 6.72. The molecular weight excluding hydrogens is 450 g/mol. The van der Waals surface area contributed by atoms with Crippen LogP contribution in [0.5, 0.6) is 0 Å². The van der Waals surface area contributed by atoms with Gasteiger partial charge in [-0.1, -0.05) is 36.0 Å². The van der Waals surface area contributed by atoms with E-state index in [-0.39, 0.29) is 11.8 Å². The molecule has 1 aromatic heterocycles.